The lowest BCUT2D eigenvalue weighted by molar-refractivity contribution is -0.153. The van der Waals surface area contributed by atoms with Gasteiger partial charge < -0.3 is 69.4 Å². The molecule has 248 valence electrons. The number of carboxylic acid groups (broad SMARTS) is 1. The van der Waals surface area contributed by atoms with E-state index in [2.05, 4.69) is 20.9 Å². The van der Waals surface area contributed by atoms with Gasteiger partial charge in [0.25, 0.3) is 0 Å². The zero-order valence-corrected chi connectivity index (χ0v) is 24.0. The summed E-state index contributed by atoms with van der Waals surface area (Å²) in [6.07, 6.45) is -4.09. The minimum atomic E-state index is -1.64. The maximum absolute atomic E-state index is 12.3. The first-order chi connectivity index (χ1) is 20.6. The monoisotopic (exact) mass is 631 g/mol. The maximum atomic E-state index is 12.3. The highest BCUT2D eigenvalue weighted by Gasteiger charge is 2.45. The van der Waals surface area contributed by atoms with Crippen LogP contribution in [0, 0.1) is 0 Å². The molecule has 0 radical (unpaired) electrons. The van der Waals surface area contributed by atoms with Crippen LogP contribution in [-0.2, 0) is 38.2 Å². The highest BCUT2D eigenvalue weighted by molar-refractivity contribution is 5.89. The number of aliphatic hydroxyl groups excluding tert-OH is 2. The van der Waals surface area contributed by atoms with Gasteiger partial charge in [-0.05, 0) is 18.9 Å². The first kappa shape index (κ1) is 37.5. The Bertz CT molecular complexity index is 1110. The fraction of sp³-hybridized carbons (Fsp3) is 0.625. The first-order valence-electron chi connectivity index (χ1n) is 13.4. The molecule has 1 rings (SSSR count). The number of aliphatic carboxylic acids is 1. The molecule has 16 N–H and O–H groups in total. The topological polar surface area (TPSA) is 360 Å². The first-order valence-corrected chi connectivity index (χ1v) is 13.4. The molecule has 1 aliphatic rings. The van der Waals surface area contributed by atoms with E-state index in [4.69, 9.17) is 38.1 Å². The van der Waals surface area contributed by atoms with E-state index in [1.807, 2.05) is 0 Å². The van der Waals surface area contributed by atoms with Crippen molar-refractivity contribution in [1.82, 2.24) is 16.0 Å². The van der Waals surface area contributed by atoms with Gasteiger partial charge in [0.2, 0.25) is 35.3 Å². The summed E-state index contributed by atoms with van der Waals surface area (Å²) in [6, 6.07) is -4.66. The van der Waals surface area contributed by atoms with Gasteiger partial charge in [-0.2, -0.15) is 0 Å². The SMILES string of the molecule is CC(=O)N[C@H]1[C@H]([C@H](OCCNC(=O)CC[C@H](N)C(=O)N[C@@H](CCC(N)=O)C(N)=O)[C@H](O)CO)OC(C(=O)O)=C[C@@H]1N=C(N)N. The van der Waals surface area contributed by atoms with Crippen LogP contribution in [0.4, 0.5) is 0 Å². The lowest BCUT2D eigenvalue weighted by Gasteiger charge is -2.40. The van der Waals surface area contributed by atoms with Crippen molar-refractivity contribution >= 4 is 41.5 Å². The summed E-state index contributed by atoms with van der Waals surface area (Å²) >= 11 is 0. The van der Waals surface area contributed by atoms with Crippen molar-refractivity contribution in [2.45, 2.75) is 75.1 Å². The number of nitrogens with zero attached hydrogens (tertiary/aromatic N) is 1. The van der Waals surface area contributed by atoms with Gasteiger partial charge in [0.1, 0.15) is 18.2 Å². The van der Waals surface area contributed by atoms with Crippen molar-refractivity contribution in [3.63, 3.8) is 0 Å². The summed E-state index contributed by atoms with van der Waals surface area (Å²) < 4.78 is 11.2. The number of carbonyl (C=O) groups is 6. The number of nitrogens with one attached hydrogen (secondary N) is 3. The van der Waals surface area contributed by atoms with Crippen LogP contribution in [0.15, 0.2) is 16.8 Å². The molecular formula is C24H41N9O11. The minimum Gasteiger partial charge on any atom is -0.478 e. The molecule has 0 spiro atoms. The van der Waals surface area contributed by atoms with Crippen LogP contribution in [0.2, 0.25) is 0 Å². The number of aliphatic hydroxyl groups is 2. The molecule has 0 fully saturated rings. The molecule has 0 aromatic heterocycles. The fourth-order valence-electron chi connectivity index (χ4n) is 4.07. The number of hydrogen-bond acceptors (Lipinski definition) is 12. The second-order valence-electron chi connectivity index (χ2n) is 9.74. The average Bonchev–Trinajstić information content (AvgIpc) is 2.93. The van der Waals surface area contributed by atoms with E-state index in [0.717, 1.165) is 6.08 Å². The largest absolute Gasteiger partial charge is 0.478 e. The minimum absolute atomic E-state index is 0.115. The van der Waals surface area contributed by atoms with E-state index < -0.39 is 96.3 Å². The molecule has 0 saturated carbocycles. The molecule has 7 atom stereocenters. The number of primary amides is 2. The lowest BCUT2D eigenvalue weighted by Crippen LogP contribution is -2.60. The number of nitrogens with two attached hydrogens (primary N) is 5. The van der Waals surface area contributed by atoms with Crippen LogP contribution in [0.1, 0.15) is 32.6 Å². The summed E-state index contributed by atoms with van der Waals surface area (Å²) in [5.41, 5.74) is 27.0. The van der Waals surface area contributed by atoms with Crippen molar-refractivity contribution < 1.29 is 53.6 Å². The molecule has 20 heteroatoms. The van der Waals surface area contributed by atoms with Gasteiger partial charge in [-0.25, -0.2) is 9.79 Å². The number of hydrogen-bond donors (Lipinski definition) is 11. The molecule has 44 heavy (non-hydrogen) atoms. The third-order valence-electron chi connectivity index (χ3n) is 6.17. The Morgan fingerprint density at radius 1 is 1.09 bits per heavy atom. The molecular weight excluding hydrogens is 590 g/mol. The molecule has 0 aromatic carbocycles. The number of aliphatic imine (C=N–C) groups is 1. The van der Waals surface area contributed by atoms with Gasteiger partial charge in [-0.1, -0.05) is 0 Å². The van der Waals surface area contributed by atoms with Crippen molar-refractivity contribution in [2.24, 2.45) is 33.7 Å². The van der Waals surface area contributed by atoms with Crippen molar-refractivity contribution in [3.05, 3.63) is 11.8 Å². The summed E-state index contributed by atoms with van der Waals surface area (Å²) in [5, 5.41) is 36.9. The molecule has 0 aliphatic carbocycles. The fourth-order valence-corrected chi connectivity index (χ4v) is 4.07. The zero-order chi connectivity index (χ0) is 33.6. The number of amides is 5. The Labute approximate surface area is 251 Å². The Hall–Kier alpha value is -4.53. The van der Waals surface area contributed by atoms with Crippen LogP contribution in [-0.4, -0.2) is 119 Å². The summed E-state index contributed by atoms with van der Waals surface area (Å²) in [6.45, 7) is -0.112. The second kappa shape index (κ2) is 18.2. The van der Waals surface area contributed by atoms with Crippen molar-refractivity contribution in [2.75, 3.05) is 19.8 Å². The summed E-state index contributed by atoms with van der Waals surface area (Å²) in [7, 11) is 0. The predicted octanol–water partition coefficient (Wildman–Crippen LogP) is -6.30. The third-order valence-corrected chi connectivity index (χ3v) is 6.17. The van der Waals surface area contributed by atoms with E-state index >= 15 is 0 Å². The maximum Gasteiger partial charge on any atom is 0.370 e. The highest BCUT2D eigenvalue weighted by Crippen LogP contribution is 2.26. The third kappa shape index (κ3) is 12.8. The second-order valence-corrected chi connectivity index (χ2v) is 9.74. The average molecular weight is 632 g/mol. The number of carbonyl (C=O) groups excluding carboxylic acids is 5. The molecule has 0 unspecified atom stereocenters. The molecule has 1 heterocycles. The Morgan fingerprint density at radius 3 is 2.27 bits per heavy atom. The summed E-state index contributed by atoms with van der Waals surface area (Å²) in [4.78, 5) is 74.5. The van der Waals surface area contributed by atoms with E-state index in [1.54, 1.807) is 0 Å². The van der Waals surface area contributed by atoms with Gasteiger partial charge in [-0.15, -0.1) is 0 Å². The van der Waals surface area contributed by atoms with Crippen LogP contribution in [0.3, 0.4) is 0 Å². The molecule has 5 amide bonds. The summed E-state index contributed by atoms with van der Waals surface area (Å²) in [5.74, 6) is -6.01. The van der Waals surface area contributed by atoms with E-state index in [-0.39, 0.29) is 38.8 Å². The Morgan fingerprint density at radius 2 is 1.75 bits per heavy atom. The number of rotatable bonds is 19. The van der Waals surface area contributed by atoms with Crippen molar-refractivity contribution in [3.8, 4) is 0 Å². The zero-order valence-electron chi connectivity index (χ0n) is 24.0. The highest BCUT2D eigenvalue weighted by atomic mass is 16.6. The van der Waals surface area contributed by atoms with Crippen molar-refractivity contribution in [1.29, 1.82) is 0 Å². The number of guanidine groups is 1. The molecule has 20 nitrogen and oxygen atoms in total. The van der Waals surface area contributed by atoms with Crippen LogP contribution >= 0.6 is 0 Å². The molecule has 0 aromatic rings. The lowest BCUT2D eigenvalue weighted by atomic mass is 9.92. The normalized spacial score (nSPS) is 20.4. The van der Waals surface area contributed by atoms with Crippen LogP contribution in [0.5, 0.6) is 0 Å². The Balaban J connectivity index is 2.81. The smallest absolute Gasteiger partial charge is 0.370 e. The number of ether oxygens (including phenoxy) is 2. The standard InChI is InChI=1S/C24H41N9O11/c1-10(35)31-18-13(33-24(28)29)8-15(23(41)42)44-20(18)19(14(36)9-34)43-7-6-30-17(38)5-2-11(25)22(40)32-12(21(27)39)3-4-16(26)37/h8,11-14,18-20,34,36H,2-7,9,25H2,1H3,(H2,26,37)(H2,27,39)(H,30,38)(H,31,35)(H,32,40)(H,41,42)(H4,28,29,33)/t11-,12-,13-,14+,18+,19+,20+/m0/s1. The van der Waals surface area contributed by atoms with E-state index in [9.17, 15) is 44.1 Å². The van der Waals surface area contributed by atoms with E-state index in [1.165, 1.54) is 6.92 Å². The molecule has 0 bridgehead atoms. The van der Waals surface area contributed by atoms with Crippen LogP contribution in [0.25, 0.3) is 0 Å². The quantitative estimate of drug-likeness (QED) is 0.0359. The van der Waals surface area contributed by atoms with Gasteiger partial charge in [0.05, 0.1) is 31.3 Å². The number of carboxylic acids is 1. The van der Waals surface area contributed by atoms with Gasteiger partial charge >= 0.3 is 5.97 Å². The van der Waals surface area contributed by atoms with Gasteiger partial charge in [0, 0.05) is 26.3 Å². The van der Waals surface area contributed by atoms with Gasteiger partial charge in [-0.3, -0.25) is 24.0 Å². The Kier molecular flexibility index (Phi) is 15.5. The van der Waals surface area contributed by atoms with E-state index in [0.29, 0.717) is 0 Å². The van der Waals surface area contributed by atoms with Gasteiger partial charge in [0.15, 0.2) is 12.1 Å². The molecule has 0 saturated heterocycles. The predicted molar refractivity (Wildman–Crippen MR) is 150 cm³/mol. The molecule has 1 aliphatic heterocycles. The van der Waals surface area contributed by atoms with Crippen LogP contribution < -0.4 is 44.6 Å².